The van der Waals surface area contributed by atoms with Crippen LogP contribution >= 0.6 is 0 Å². The zero-order valence-electron chi connectivity index (χ0n) is 17.6. The fraction of sp³-hybridized carbons (Fsp3) is 0.381. The fourth-order valence-corrected chi connectivity index (χ4v) is 5.13. The van der Waals surface area contributed by atoms with Gasteiger partial charge in [0.1, 0.15) is 17.9 Å². The molecule has 9 nitrogen and oxygen atoms in total. The van der Waals surface area contributed by atoms with Crippen LogP contribution in [0.5, 0.6) is 5.75 Å². The summed E-state index contributed by atoms with van der Waals surface area (Å²) in [4.78, 5) is 4.54. The number of halogens is 1. The summed E-state index contributed by atoms with van der Waals surface area (Å²) in [6.07, 6.45) is 8.39. The summed E-state index contributed by atoms with van der Waals surface area (Å²) in [5, 5.41) is 11.5. The largest absolute Gasteiger partial charge is 0.493 e. The molecule has 0 unspecified atom stereocenters. The molecule has 0 saturated carbocycles. The van der Waals surface area contributed by atoms with E-state index in [0.29, 0.717) is 56.1 Å². The Morgan fingerprint density at radius 3 is 2.97 bits per heavy atom. The van der Waals surface area contributed by atoms with Crippen LogP contribution in [-0.4, -0.2) is 58.3 Å². The van der Waals surface area contributed by atoms with E-state index in [1.54, 1.807) is 23.0 Å². The molecule has 0 fully saturated rings. The van der Waals surface area contributed by atoms with Gasteiger partial charge in [-0.15, -0.1) is 10.2 Å². The van der Waals surface area contributed by atoms with Gasteiger partial charge in [-0.1, -0.05) is 6.08 Å². The van der Waals surface area contributed by atoms with Gasteiger partial charge in [-0.05, 0) is 30.5 Å². The molecule has 5 rings (SSSR count). The van der Waals surface area contributed by atoms with Gasteiger partial charge in [0.05, 0.1) is 12.9 Å². The predicted molar refractivity (Wildman–Crippen MR) is 117 cm³/mol. The summed E-state index contributed by atoms with van der Waals surface area (Å²) in [5.41, 5.74) is 3.86. The number of ether oxygens (including phenoxy) is 1. The summed E-state index contributed by atoms with van der Waals surface area (Å²) in [7, 11) is -3.23. The molecule has 3 aromatic rings. The van der Waals surface area contributed by atoms with Crippen molar-refractivity contribution in [3.63, 3.8) is 0 Å². The highest BCUT2D eigenvalue weighted by Gasteiger charge is 2.22. The third-order valence-electron chi connectivity index (χ3n) is 5.91. The first kappa shape index (κ1) is 20.8. The van der Waals surface area contributed by atoms with Gasteiger partial charge in [0, 0.05) is 48.9 Å². The smallest absolute Gasteiger partial charge is 0.211 e. The summed E-state index contributed by atoms with van der Waals surface area (Å²) >= 11 is 0. The first-order valence-corrected chi connectivity index (χ1v) is 12.3. The van der Waals surface area contributed by atoms with E-state index in [1.807, 2.05) is 6.08 Å². The molecule has 2 aromatic heterocycles. The lowest BCUT2D eigenvalue weighted by Gasteiger charge is -2.17. The van der Waals surface area contributed by atoms with Gasteiger partial charge in [-0.25, -0.2) is 22.1 Å². The molecular formula is C21H23FN6O3S. The third kappa shape index (κ3) is 3.82. The highest BCUT2D eigenvalue weighted by atomic mass is 32.2. The second kappa shape index (κ2) is 8.14. The minimum absolute atomic E-state index is 0.254. The normalized spacial score (nSPS) is 17.0. The standard InChI is InChI=1S/C21H23FN6O3S/c1-32(29,30)27-8-2-3-14(6-9-27)16-11-23-21(28-13-25-26-20(16)28)24-12-17-15-7-10-31-19(15)5-4-18(17)22/h3-5,11,13H,2,6-10,12H2,1H3,(H,23,24). The van der Waals surface area contributed by atoms with Crippen LogP contribution in [0.1, 0.15) is 29.5 Å². The number of benzene rings is 1. The Hall–Kier alpha value is -3.05. The van der Waals surface area contributed by atoms with Gasteiger partial charge in [-0.3, -0.25) is 4.40 Å². The Labute approximate surface area is 185 Å². The quantitative estimate of drug-likeness (QED) is 0.626. The molecule has 4 heterocycles. The van der Waals surface area contributed by atoms with Crippen molar-refractivity contribution in [3.05, 3.63) is 53.2 Å². The molecule has 2 aliphatic heterocycles. The van der Waals surface area contributed by atoms with Crippen molar-refractivity contribution < 1.29 is 17.5 Å². The maximum atomic E-state index is 14.5. The van der Waals surface area contributed by atoms with E-state index in [-0.39, 0.29) is 12.4 Å². The molecule has 0 radical (unpaired) electrons. The monoisotopic (exact) mass is 458 g/mol. The number of hydrogen-bond donors (Lipinski definition) is 1. The second-order valence-electron chi connectivity index (χ2n) is 7.90. The van der Waals surface area contributed by atoms with E-state index < -0.39 is 10.0 Å². The van der Waals surface area contributed by atoms with E-state index >= 15 is 0 Å². The van der Waals surface area contributed by atoms with Crippen LogP contribution in [0, 0.1) is 5.82 Å². The molecular weight excluding hydrogens is 435 g/mol. The van der Waals surface area contributed by atoms with Crippen molar-refractivity contribution in [2.45, 2.75) is 25.8 Å². The van der Waals surface area contributed by atoms with Crippen molar-refractivity contribution in [2.24, 2.45) is 0 Å². The average Bonchev–Trinajstić information content (AvgIpc) is 3.36. The van der Waals surface area contributed by atoms with Crippen LogP contribution in [0.4, 0.5) is 10.3 Å². The average molecular weight is 459 g/mol. The number of sulfonamides is 1. The van der Waals surface area contributed by atoms with Crippen molar-refractivity contribution >= 4 is 27.2 Å². The zero-order chi connectivity index (χ0) is 22.3. The van der Waals surface area contributed by atoms with Crippen LogP contribution in [0.2, 0.25) is 0 Å². The molecule has 2 aliphatic rings. The number of anilines is 1. The van der Waals surface area contributed by atoms with Gasteiger partial charge >= 0.3 is 0 Å². The molecule has 1 aromatic carbocycles. The third-order valence-corrected chi connectivity index (χ3v) is 7.21. The number of nitrogens with one attached hydrogen (secondary N) is 1. The van der Waals surface area contributed by atoms with Crippen molar-refractivity contribution in [1.29, 1.82) is 0 Å². The van der Waals surface area contributed by atoms with E-state index in [0.717, 1.165) is 22.4 Å². The van der Waals surface area contributed by atoms with Crippen LogP contribution in [0.25, 0.3) is 11.2 Å². The first-order chi connectivity index (χ1) is 15.4. The van der Waals surface area contributed by atoms with Gasteiger partial charge in [0.25, 0.3) is 0 Å². The SMILES string of the molecule is CS(=O)(=O)N1CCC=C(c2cnc(NCc3c(F)ccc4c3CCO4)n3cnnc23)CC1. The van der Waals surface area contributed by atoms with Crippen LogP contribution in [0.15, 0.2) is 30.7 Å². The molecule has 0 aliphatic carbocycles. The van der Waals surface area contributed by atoms with E-state index in [1.165, 1.54) is 16.6 Å². The number of nitrogens with zero attached hydrogens (tertiary/aromatic N) is 5. The molecule has 0 amide bonds. The Kier molecular flexibility index (Phi) is 5.30. The van der Waals surface area contributed by atoms with Crippen molar-refractivity contribution in [1.82, 2.24) is 23.9 Å². The predicted octanol–water partition coefficient (Wildman–Crippen LogP) is 2.25. The summed E-state index contributed by atoms with van der Waals surface area (Å²) in [5.74, 6) is 0.943. The zero-order valence-corrected chi connectivity index (χ0v) is 18.4. The molecule has 32 heavy (non-hydrogen) atoms. The van der Waals surface area contributed by atoms with Crippen LogP contribution in [-0.2, 0) is 23.0 Å². The summed E-state index contributed by atoms with van der Waals surface area (Å²) < 4.78 is 47.0. The minimum Gasteiger partial charge on any atom is -0.493 e. The fourth-order valence-electron chi connectivity index (χ4n) is 4.27. The van der Waals surface area contributed by atoms with Crippen LogP contribution in [0.3, 0.4) is 0 Å². The summed E-state index contributed by atoms with van der Waals surface area (Å²) in [6, 6.07) is 3.09. The minimum atomic E-state index is -3.23. The number of hydrogen-bond acceptors (Lipinski definition) is 7. The molecule has 0 bridgehead atoms. The molecule has 1 N–H and O–H groups in total. The highest BCUT2D eigenvalue weighted by Crippen LogP contribution is 2.31. The second-order valence-corrected chi connectivity index (χ2v) is 9.89. The number of rotatable bonds is 5. The lowest BCUT2D eigenvalue weighted by molar-refractivity contribution is 0.356. The number of aromatic nitrogens is 4. The van der Waals surface area contributed by atoms with Gasteiger partial charge in [0.15, 0.2) is 5.65 Å². The Bertz CT molecular complexity index is 1320. The van der Waals surface area contributed by atoms with E-state index in [4.69, 9.17) is 4.74 Å². The van der Waals surface area contributed by atoms with Gasteiger partial charge in [-0.2, -0.15) is 0 Å². The van der Waals surface area contributed by atoms with Crippen molar-refractivity contribution in [2.75, 3.05) is 31.3 Å². The lowest BCUT2D eigenvalue weighted by atomic mass is 10.0. The summed E-state index contributed by atoms with van der Waals surface area (Å²) in [6.45, 7) is 1.67. The first-order valence-electron chi connectivity index (χ1n) is 10.4. The van der Waals surface area contributed by atoms with Gasteiger partial charge < -0.3 is 10.1 Å². The molecule has 168 valence electrons. The maximum Gasteiger partial charge on any atom is 0.211 e. The maximum absolute atomic E-state index is 14.5. The molecule has 0 spiro atoms. The lowest BCUT2D eigenvalue weighted by Crippen LogP contribution is -2.30. The Balaban J connectivity index is 1.40. The van der Waals surface area contributed by atoms with E-state index in [9.17, 15) is 12.8 Å². The molecule has 0 saturated heterocycles. The number of fused-ring (bicyclic) bond motifs is 2. The molecule has 11 heteroatoms. The molecule has 0 atom stereocenters. The van der Waals surface area contributed by atoms with Crippen LogP contribution < -0.4 is 10.1 Å². The van der Waals surface area contributed by atoms with Gasteiger partial charge in [0.2, 0.25) is 16.0 Å². The Morgan fingerprint density at radius 2 is 2.12 bits per heavy atom. The topological polar surface area (TPSA) is 102 Å². The van der Waals surface area contributed by atoms with Crippen molar-refractivity contribution in [3.8, 4) is 5.75 Å². The highest BCUT2D eigenvalue weighted by molar-refractivity contribution is 7.88. The van der Waals surface area contributed by atoms with E-state index in [2.05, 4.69) is 20.5 Å². The Morgan fingerprint density at radius 1 is 1.25 bits per heavy atom.